The van der Waals surface area contributed by atoms with Gasteiger partial charge >= 0.3 is 6.03 Å². The minimum Gasteiger partial charge on any atom is -0.457 e. The van der Waals surface area contributed by atoms with Gasteiger partial charge < -0.3 is 19.9 Å². The summed E-state index contributed by atoms with van der Waals surface area (Å²) in [6.45, 7) is 1.99. The molecule has 0 unspecified atom stereocenters. The van der Waals surface area contributed by atoms with Gasteiger partial charge in [0.2, 0.25) is 5.91 Å². The number of nitrogens with zero attached hydrogens (tertiary/aromatic N) is 2. The van der Waals surface area contributed by atoms with E-state index in [1.54, 1.807) is 41.9 Å². The van der Waals surface area contributed by atoms with Gasteiger partial charge in [-0.1, -0.05) is 62.9 Å². The summed E-state index contributed by atoms with van der Waals surface area (Å²) in [4.78, 5) is 41.3. The Bertz CT molecular complexity index is 1260. The molecule has 3 rings (SSSR count). The van der Waals surface area contributed by atoms with Gasteiger partial charge in [-0.05, 0) is 66.9 Å². The molecule has 10 heteroatoms. The number of nitrogens with one attached hydrogen (secondary N) is 2. The van der Waals surface area contributed by atoms with Gasteiger partial charge in [-0.15, -0.1) is 0 Å². The van der Waals surface area contributed by atoms with E-state index in [-0.39, 0.29) is 25.5 Å². The maximum atomic E-state index is 13.4. The minimum atomic E-state index is -0.754. The molecule has 42 heavy (non-hydrogen) atoms. The Morgan fingerprint density at radius 2 is 1.45 bits per heavy atom. The second kappa shape index (κ2) is 17.4. The Morgan fingerprint density at radius 3 is 2.12 bits per heavy atom. The van der Waals surface area contributed by atoms with Crippen molar-refractivity contribution in [3.05, 3.63) is 90.2 Å². The van der Waals surface area contributed by atoms with Gasteiger partial charge in [-0.3, -0.25) is 14.8 Å². The average Bonchev–Trinajstić information content (AvgIpc) is 3.00. The van der Waals surface area contributed by atoms with Crippen molar-refractivity contribution < 1.29 is 28.7 Å². The topological polar surface area (TPSA) is 111 Å². The van der Waals surface area contributed by atoms with Crippen LogP contribution in [0.15, 0.2) is 78.9 Å². The van der Waals surface area contributed by atoms with E-state index in [4.69, 9.17) is 9.94 Å². The smallest absolute Gasteiger partial charge is 0.322 e. The molecule has 3 aromatic carbocycles. The van der Waals surface area contributed by atoms with Crippen LogP contribution < -0.4 is 15.5 Å². The van der Waals surface area contributed by atoms with Crippen LogP contribution in [0.1, 0.15) is 44.6 Å². The van der Waals surface area contributed by atoms with Crippen LogP contribution in [0.25, 0.3) is 0 Å². The summed E-state index contributed by atoms with van der Waals surface area (Å²) in [5.74, 6) is -0.265. The van der Waals surface area contributed by atoms with Crippen LogP contribution >= 0.6 is 0 Å². The number of unbranched alkanes of at least 4 members (excludes halogenated alkanes) is 4. The first kappa shape index (κ1) is 32.1. The normalized spacial score (nSPS) is 10.5. The highest BCUT2D eigenvalue weighted by Crippen LogP contribution is 2.23. The summed E-state index contributed by atoms with van der Waals surface area (Å²) in [7, 11) is 0. The van der Waals surface area contributed by atoms with E-state index in [1.807, 2.05) is 30.3 Å². The van der Waals surface area contributed by atoms with Crippen molar-refractivity contribution in [1.82, 2.24) is 15.3 Å². The SMILES string of the molecule is CCCCCCCN(CC(=O)N(CCc1ccc(F)cc1)CC(=O)NO)C(=O)Nc1ccc(Oc2ccccc2)cc1. The molecular formula is C32H39FN4O5. The third-order valence-electron chi connectivity index (χ3n) is 6.62. The van der Waals surface area contributed by atoms with Crippen molar-refractivity contribution in [3.8, 4) is 11.5 Å². The van der Waals surface area contributed by atoms with Crippen molar-refractivity contribution in [2.75, 3.05) is 31.5 Å². The number of anilines is 1. The molecule has 0 spiro atoms. The van der Waals surface area contributed by atoms with Crippen molar-refractivity contribution in [3.63, 3.8) is 0 Å². The Labute approximate surface area is 246 Å². The molecule has 4 amide bonds. The quantitative estimate of drug-likeness (QED) is 0.110. The lowest BCUT2D eigenvalue weighted by atomic mass is 10.1. The molecule has 224 valence electrons. The summed E-state index contributed by atoms with van der Waals surface area (Å²) in [5, 5.41) is 11.9. The number of hydrogen-bond acceptors (Lipinski definition) is 5. The van der Waals surface area contributed by atoms with Gasteiger partial charge in [0.05, 0.1) is 0 Å². The number of rotatable bonds is 16. The molecule has 0 saturated carbocycles. The molecule has 0 aliphatic heterocycles. The number of urea groups is 1. The Balaban J connectivity index is 1.67. The van der Waals surface area contributed by atoms with Crippen molar-refractivity contribution in [1.29, 1.82) is 0 Å². The summed E-state index contributed by atoms with van der Waals surface area (Å²) in [6.07, 6.45) is 5.21. The van der Waals surface area contributed by atoms with Crippen LogP contribution in [0.2, 0.25) is 0 Å². The zero-order valence-corrected chi connectivity index (χ0v) is 23.9. The maximum absolute atomic E-state index is 13.4. The average molecular weight is 579 g/mol. The van der Waals surface area contributed by atoms with E-state index in [2.05, 4.69) is 12.2 Å². The lowest BCUT2D eigenvalue weighted by Crippen LogP contribution is -2.48. The summed E-state index contributed by atoms with van der Waals surface area (Å²) >= 11 is 0. The van der Waals surface area contributed by atoms with Gasteiger partial charge in [0, 0.05) is 18.8 Å². The van der Waals surface area contributed by atoms with Gasteiger partial charge in [0.15, 0.2) is 0 Å². The van der Waals surface area contributed by atoms with Gasteiger partial charge in [-0.2, -0.15) is 0 Å². The highest BCUT2D eigenvalue weighted by atomic mass is 19.1. The molecule has 3 N–H and O–H groups in total. The monoisotopic (exact) mass is 578 g/mol. The molecule has 0 aliphatic carbocycles. The Morgan fingerprint density at radius 1 is 0.786 bits per heavy atom. The molecule has 0 atom stereocenters. The molecule has 0 aliphatic rings. The zero-order chi connectivity index (χ0) is 30.2. The molecule has 9 nitrogen and oxygen atoms in total. The first-order valence-corrected chi connectivity index (χ1v) is 14.2. The van der Waals surface area contributed by atoms with Crippen LogP contribution in [0.5, 0.6) is 11.5 Å². The fourth-order valence-electron chi connectivity index (χ4n) is 4.27. The van der Waals surface area contributed by atoms with Crippen molar-refractivity contribution in [2.24, 2.45) is 0 Å². The summed E-state index contributed by atoms with van der Waals surface area (Å²) < 4.78 is 19.1. The summed E-state index contributed by atoms with van der Waals surface area (Å²) in [5.41, 5.74) is 2.87. The molecule has 0 heterocycles. The van der Waals surface area contributed by atoms with Gasteiger partial charge in [0.25, 0.3) is 5.91 Å². The molecule has 0 fully saturated rings. The predicted octanol–water partition coefficient (Wildman–Crippen LogP) is 6.00. The summed E-state index contributed by atoms with van der Waals surface area (Å²) in [6, 6.07) is 21.7. The van der Waals surface area contributed by atoms with E-state index >= 15 is 0 Å². The van der Waals surface area contributed by atoms with Crippen LogP contribution in [0.4, 0.5) is 14.9 Å². The molecule has 0 bridgehead atoms. The van der Waals surface area contributed by atoms with Crippen molar-refractivity contribution >= 4 is 23.5 Å². The fraction of sp³-hybridized carbons (Fsp3) is 0.344. The molecular weight excluding hydrogens is 539 g/mol. The number of benzene rings is 3. The lowest BCUT2D eigenvalue weighted by molar-refractivity contribution is -0.139. The third-order valence-corrected chi connectivity index (χ3v) is 6.62. The largest absolute Gasteiger partial charge is 0.457 e. The number of amides is 4. The number of carbonyl (C=O) groups is 3. The number of carbonyl (C=O) groups excluding carboxylic acids is 3. The maximum Gasteiger partial charge on any atom is 0.322 e. The highest BCUT2D eigenvalue weighted by Gasteiger charge is 2.23. The Hall–Kier alpha value is -4.44. The molecule has 0 saturated heterocycles. The molecule has 0 radical (unpaired) electrons. The van der Waals surface area contributed by atoms with Gasteiger partial charge in [0.1, 0.15) is 30.4 Å². The minimum absolute atomic E-state index is 0.146. The van der Waals surface area contributed by atoms with Crippen LogP contribution in [0.3, 0.4) is 0 Å². The standard InChI is InChI=1S/C32H39FN4O5/c1-2-3-4-5-9-21-37(32(40)34-27-16-18-29(19-17-27)42-28-10-7-6-8-11-28)24-31(39)36(23-30(38)35-41)22-20-25-12-14-26(33)15-13-25/h6-8,10-19,41H,2-5,9,20-24H2,1H3,(H,34,40)(H,35,38). The van der Waals surface area contributed by atoms with Crippen LogP contribution in [-0.4, -0.2) is 59.0 Å². The second-order valence-electron chi connectivity index (χ2n) is 9.93. The van der Waals surface area contributed by atoms with E-state index in [0.29, 0.717) is 30.2 Å². The first-order valence-electron chi connectivity index (χ1n) is 14.2. The molecule has 3 aromatic rings. The van der Waals surface area contributed by atoms with Gasteiger partial charge in [-0.25, -0.2) is 14.7 Å². The van der Waals surface area contributed by atoms with E-state index in [1.165, 1.54) is 21.9 Å². The van der Waals surface area contributed by atoms with Crippen LogP contribution in [0, 0.1) is 5.82 Å². The third kappa shape index (κ3) is 11.2. The zero-order valence-electron chi connectivity index (χ0n) is 23.9. The number of hydroxylamine groups is 1. The molecule has 0 aromatic heterocycles. The predicted molar refractivity (Wildman–Crippen MR) is 159 cm³/mol. The Kier molecular flexibility index (Phi) is 13.3. The lowest BCUT2D eigenvalue weighted by Gasteiger charge is -2.27. The number of hydrogen-bond donors (Lipinski definition) is 3. The van der Waals surface area contributed by atoms with Crippen molar-refractivity contribution in [2.45, 2.75) is 45.4 Å². The van der Waals surface area contributed by atoms with E-state index in [0.717, 1.165) is 37.7 Å². The van der Waals surface area contributed by atoms with E-state index in [9.17, 15) is 18.8 Å². The van der Waals surface area contributed by atoms with Crippen LogP contribution in [-0.2, 0) is 16.0 Å². The number of halogens is 1. The number of ether oxygens (including phenoxy) is 1. The van der Waals surface area contributed by atoms with E-state index < -0.39 is 17.8 Å². The fourth-order valence-corrected chi connectivity index (χ4v) is 4.27. The highest BCUT2D eigenvalue weighted by molar-refractivity contribution is 5.93. The number of para-hydroxylation sites is 1. The first-order chi connectivity index (χ1) is 20.4. The second-order valence-corrected chi connectivity index (χ2v) is 9.93.